The third-order valence-electron chi connectivity index (χ3n) is 3.27. The van der Waals surface area contributed by atoms with E-state index in [1.165, 1.54) is 13.2 Å². The van der Waals surface area contributed by atoms with Gasteiger partial charge in [-0.05, 0) is 13.8 Å². The van der Waals surface area contributed by atoms with E-state index in [9.17, 15) is 15.0 Å². The molecule has 5 nitrogen and oxygen atoms in total. The van der Waals surface area contributed by atoms with E-state index < -0.39 is 0 Å². The number of rotatable bonds is 4. The van der Waals surface area contributed by atoms with E-state index in [2.05, 4.69) is 0 Å². The Kier molecular flexibility index (Phi) is 2.94. The number of aldehydes is 1. The molecule has 1 aromatic carbocycles. The summed E-state index contributed by atoms with van der Waals surface area (Å²) in [6.07, 6.45) is 0.799. The van der Waals surface area contributed by atoms with Crippen LogP contribution < -0.4 is 4.74 Å². The molecule has 2 N–H and O–H groups in total. The third-order valence-corrected chi connectivity index (χ3v) is 3.27. The summed E-state index contributed by atoms with van der Waals surface area (Å²) in [5.41, 5.74) is 0.109. The number of phenols is 2. The van der Waals surface area contributed by atoms with Crippen LogP contribution in [-0.4, -0.2) is 35.3 Å². The van der Waals surface area contributed by atoms with Crippen LogP contribution in [0.25, 0.3) is 0 Å². The van der Waals surface area contributed by atoms with Gasteiger partial charge < -0.3 is 19.7 Å². The summed E-state index contributed by atoms with van der Waals surface area (Å²) in [6.45, 7) is 3.85. The smallest absolute Gasteiger partial charge is 0.157 e. The lowest BCUT2D eigenvalue weighted by Crippen LogP contribution is -2.07. The van der Waals surface area contributed by atoms with E-state index in [0.29, 0.717) is 18.3 Å². The highest BCUT2D eigenvalue weighted by Gasteiger charge is 2.48. The Hall–Kier alpha value is -1.75. The third kappa shape index (κ3) is 2.01. The highest BCUT2D eigenvalue weighted by Crippen LogP contribution is 2.43. The fourth-order valence-electron chi connectivity index (χ4n) is 1.98. The molecule has 0 bridgehead atoms. The van der Waals surface area contributed by atoms with Crippen molar-refractivity contribution < 1.29 is 24.5 Å². The minimum Gasteiger partial charge on any atom is -0.507 e. The highest BCUT2D eigenvalue weighted by atomic mass is 16.6. The van der Waals surface area contributed by atoms with Gasteiger partial charge in [0.2, 0.25) is 0 Å². The molecule has 2 rings (SSSR count). The van der Waals surface area contributed by atoms with Crippen molar-refractivity contribution in [2.24, 2.45) is 0 Å². The summed E-state index contributed by atoms with van der Waals surface area (Å²) in [6, 6.07) is 1.33. The second kappa shape index (κ2) is 4.17. The van der Waals surface area contributed by atoms with Gasteiger partial charge in [-0.1, -0.05) is 0 Å². The Balaban J connectivity index is 2.38. The number of carbonyl (C=O) groups excluding carboxylic acids is 1. The molecule has 0 spiro atoms. The molecule has 98 valence electrons. The van der Waals surface area contributed by atoms with E-state index in [-0.39, 0.29) is 34.5 Å². The molecule has 1 heterocycles. The standard InChI is InChI=1S/C13H16O5/c1-13(2)11(18-13)4-7-9(15)5-10(17-3)8(6-14)12(7)16/h5-6,11,15-16H,4H2,1-3H3/t11-/m0/s1. The van der Waals surface area contributed by atoms with Crippen LogP contribution in [0.3, 0.4) is 0 Å². The average Bonchev–Trinajstić information content (AvgIpc) is 2.91. The first kappa shape index (κ1) is 12.7. The number of carbonyl (C=O) groups is 1. The summed E-state index contributed by atoms with van der Waals surface area (Å²) in [4.78, 5) is 10.9. The fourth-order valence-corrected chi connectivity index (χ4v) is 1.98. The highest BCUT2D eigenvalue weighted by molar-refractivity contribution is 5.85. The van der Waals surface area contributed by atoms with Crippen molar-refractivity contribution in [3.05, 3.63) is 17.2 Å². The maximum absolute atomic E-state index is 10.9. The molecule has 0 amide bonds. The zero-order valence-corrected chi connectivity index (χ0v) is 10.6. The van der Waals surface area contributed by atoms with Gasteiger partial charge in [0, 0.05) is 18.1 Å². The van der Waals surface area contributed by atoms with Gasteiger partial charge in [0.05, 0.1) is 24.4 Å². The zero-order valence-electron chi connectivity index (χ0n) is 10.6. The molecule has 1 saturated heterocycles. The SMILES string of the molecule is COc1cc(O)c(C[C@@H]2OC2(C)C)c(O)c1C=O. The van der Waals surface area contributed by atoms with E-state index in [1.807, 2.05) is 13.8 Å². The molecule has 0 unspecified atom stereocenters. The molecule has 1 atom stereocenters. The molecule has 5 heteroatoms. The number of hydrogen-bond donors (Lipinski definition) is 2. The number of methoxy groups -OCH3 is 1. The van der Waals surface area contributed by atoms with Crippen molar-refractivity contribution >= 4 is 6.29 Å². The van der Waals surface area contributed by atoms with Gasteiger partial charge in [-0.2, -0.15) is 0 Å². The van der Waals surface area contributed by atoms with Crippen molar-refractivity contribution in [3.63, 3.8) is 0 Å². The molecule has 1 fully saturated rings. The molecule has 0 radical (unpaired) electrons. The van der Waals surface area contributed by atoms with Crippen LogP contribution in [0.2, 0.25) is 0 Å². The quantitative estimate of drug-likeness (QED) is 0.629. The summed E-state index contributed by atoms with van der Waals surface area (Å²) in [7, 11) is 1.37. The summed E-state index contributed by atoms with van der Waals surface area (Å²) in [5.74, 6) is -0.186. The summed E-state index contributed by atoms with van der Waals surface area (Å²) >= 11 is 0. The zero-order chi connectivity index (χ0) is 13.5. The van der Waals surface area contributed by atoms with Gasteiger partial charge in [0.1, 0.15) is 17.2 Å². The molecule has 1 aliphatic heterocycles. The van der Waals surface area contributed by atoms with Crippen LogP contribution in [0.5, 0.6) is 17.2 Å². The molecule has 1 aromatic rings. The first-order valence-electron chi connectivity index (χ1n) is 5.65. The number of hydrogen-bond acceptors (Lipinski definition) is 5. The number of ether oxygens (including phenoxy) is 2. The Labute approximate surface area is 105 Å². The number of benzene rings is 1. The maximum Gasteiger partial charge on any atom is 0.157 e. The van der Waals surface area contributed by atoms with Gasteiger partial charge in [0.15, 0.2) is 6.29 Å². The van der Waals surface area contributed by atoms with Gasteiger partial charge >= 0.3 is 0 Å². The molecule has 18 heavy (non-hydrogen) atoms. The molecule has 0 saturated carbocycles. The monoisotopic (exact) mass is 252 g/mol. The van der Waals surface area contributed by atoms with Crippen LogP contribution in [0.1, 0.15) is 29.8 Å². The van der Waals surface area contributed by atoms with Crippen LogP contribution in [0.15, 0.2) is 6.07 Å². The molecule has 0 aliphatic carbocycles. The lowest BCUT2D eigenvalue weighted by molar-refractivity contribution is 0.111. The van der Waals surface area contributed by atoms with Crippen molar-refractivity contribution in [2.45, 2.75) is 32.0 Å². The van der Waals surface area contributed by atoms with Crippen molar-refractivity contribution in [2.75, 3.05) is 7.11 Å². The Morgan fingerprint density at radius 1 is 1.50 bits per heavy atom. The minimum absolute atomic E-state index is 0.0451. The number of aromatic hydroxyl groups is 2. The van der Waals surface area contributed by atoms with E-state index in [1.54, 1.807) is 0 Å². The van der Waals surface area contributed by atoms with Crippen LogP contribution in [-0.2, 0) is 11.2 Å². The van der Waals surface area contributed by atoms with Crippen molar-refractivity contribution in [1.29, 1.82) is 0 Å². The number of epoxide rings is 1. The molecule has 0 aromatic heterocycles. The average molecular weight is 252 g/mol. The van der Waals surface area contributed by atoms with Gasteiger partial charge in [-0.15, -0.1) is 0 Å². The topological polar surface area (TPSA) is 79.3 Å². The normalized spacial score (nSPS) is 20.5. The second-order valence-corrected chi connectivity index (χ2v) is 4.87. The maximum atomic E-state index is 10.9. The van der Waals surface area contributed by atoms with E-state index in [0.717, 1.165) is 0 Å². The largest absolute Gasteiger partial charge is 0.507 e. The lowest BCUT2D eigenvalue weighted by Gasteiger charge is -2.12. The summed E-state index contributed by atoms with van der Waals surface area (Å²) < 4.78 is 10.3. The number of phenolic OH excluding ortho intramolecular Hbond substituents is 2. The van der Waals surface area contributed by atoms with Crippen molar-refractivity contribution in [1.82, 2.24) is 0 Å². The van der Waals surface area contributed by atoms with Gasteiger partial charge in [-0.25, -0.2) is 0 Å². The first-order valence-corrected chi connectivity index (χ1v) is 5.65. The molecular weight excluding hydrogens is 236 g/mol. The predicted octanol–water partition coefficient (Wildman–Crippen LogP) is 1.64. The van der Waals surface area contributed by atoms with Crippen LogP contribution in [0, 0.1) is 0 Å². The van der Waals surface area contributed by atoms with E-state index in [4.69, 9.17) is 9.47 Å². The Morgan fingerprint density at radius 3 is 2.56 bits per heavy atom. The Bertz CT molecular complexity index is 493. The predicted molar refractivity (Wildman–Crippen MR) is 64.4 cm³/mol. The van der Waals surface area contributed by atoms with Crippen LogP contribution in [0.4, 0.5) is 0 Å². The molecular formula is C13H16O5. The fraction of sp³-hybridized carbons (Fsp3) is 0.462. The second-order valence-electron chi connectivity index (χ2n) is 4.87. The molecule has 1 aliphatic rings. The van der Waals surface area contributed by atoms with Gasteiger partial charge in [-0.3, -0.25) is 4.79 Å². The first-order chi connectivity index (χ1) is 8.40. The summed E-state index contributed by atoms with van der Waals surface area (Å²) in [5, 5.41) is 19.9. The minimum atomic E-state index is -0.250. The van der Waals surface area contributed by atoms with E-state index >= 15 is 0 Å². The van der Waals surface area contributed by atoms with Crippen LogP contribution >= 0.6 is 0 Å². The van der Waals surface area contributed by atoms with Crippen molar-refractivity contribution in [3.8, 4) is 17.2 Å². The lowest BCUT2D eigenvalue weighted by atomic mass is 9.98. The van der Waals surface area contributed by atoms with Gasteiger partial charge in [0.25, 0.3) is 0 Å². The Morgan fingerprint density at radius 2 is 2.11 bits per heavy atom.